The standard InChI is InChI=1S/C17H14.C11H12O.C11H12S.2C10H10O.2C10H10S.C9H8S/c1-13-16-10-6-5-9-15(16)11-12-17(13)14-7-3-2-4-8-14;2*1-7-5-4-6-10-11(7)8(2)9(3)12-10;1-7-4-3-5-10-9(7)6-8(2)11-10;1-7-4-3-5-9-10(7)8(2)6-11-9;1-7-4-3-5-10-9(7)6-8(2)11-10;1-7-4-3-5-9-10(7)8(2)6-11-9;1-7-3-2-4-9-8(7)5-6-10-9/h2-12H,1H3;2*4-6H,1-3H3;4*3-6H,1-2H3;2-6H,1H3. The van der Waals surface area contributed by atoms with Gasteiger partial charge in [-0.1, -0.05) is 152 Å². The highest BCUT2D eigenvalue weighted by atomic mass is 32.1. The lowest BCUT2D eigenvalue weighted by Gasteiger charge is -2.09. The van der Waals surface area contributed by atoms with Crippen LogP contribution in [0.4, 0.5) is 0 Å². The van der Waals surface area contributed by atoms with Crippen LogP contribution in [0.5, 0.6) is 0 Å². The smallest absolute Gasteiger partial charge is 0.134 e. The molecule has 0 amide bonds. The van der Waals surface area contributed by atoms with Crippen molar-refractivity contribution >= 4 is 129 Å². The first-order valence-corrected chi connectivity index (χ1v) is 35.8. The summed E-state index contributed by atoms with van der Waals surface area (Å²) in [5.41, 5.74) is 21.7. The van der Waals surface area contributed by atoms with Crippen molar-refractivity contribution in [3.8, 4) is 11.1 Å². The largest absolute Gasteiger partial charge is 0.464 e. The average molecular weight is 1320 g/mol. The van der Waals surface area contributed by atoms with E-state index in [2.05, 4.69) is 284 Å². The first kappa shape index (κ1) is 68.8. The Morgan fingerprint density at radius 1 is 0.305 bits per heavy atom. The zero-order valence-electron chi connectivity index (χ0n) is 57.8. The Morgan fingerprint density at radius 3 is 1.49 bits per heavy atom. The minimum Gasteiger partial charge on any atom is -0.464 e. The summed E-state index contributed by atoms with van der Waals surface area (Å²) < 4.78 is 22.0. The third-order valence-corrected chi connectivity index (χ3v) is 21.7. The first-order chi connectivity index (χ1) is 45.8. The van der Waals surface area contributed by atoms with Gasteiger partial charge in [-0.2, -0.15) is 0 Å². The molecule has 0 aliphatic carbocycles. The Labute approximate surface area is 577 Å². The van der Waals surface area contributed by atoms with Crippen molar-refractivity contribution in [1.82, 2.24) is 0 Å². The molecule has 7 aromatic heterocycles. The zero-order valence-corrected chi connectivity index (χ0v) is 61.1. The summed E-state index contributed by atoms with van der Waals surface area (Å²) in [6.45, 7) is 34.1. The van der Waals surface area contributed by atoms with E-state index in [1.807, 2.05) is 84.3 Å². The van der Waals surface area contributed by atoms with Gasteiger partial charge in [0.25, 0.3) is 0 Å². The van der Waals surface area contributed by atoms with Crippen LogP contribution in [-0.4, -0.2) is 0 Å². The molecule has 0 atom stereocenters. The van der Waals surface area contributed by atoms with E-state index in [-0.39, 0.29) is 0 Å². The number of fused-ring (bicyclic) bond motifs is 8. The number of aryl methyl sites for hydroxylation is 16. The molecular weight excluding hydrogens is 1230 g/mol. The first-order valence-electron chi connectivity index (χ1n) is 32.4. The van der Waals surface area contributed by atoms with Crippen LogP contribution in [0.3, 0.4) is 0 Å². The molecule has 0 bridgehead atoms. The molecule has 10 aromatic carbocycles. The Hall–Kier alpha value is -9.08. The normalized spacial score (nSPS) is 10.7. The minimum atomic E-state index is 0.981. The molecule has 0 aliphatic heterocycles. The molecule has 0 radical (unpaired) electrons. The summed E-state index contributed by atoms with van der Waals surface area (Å²) in [6, 6.07) is 74.3. The topological polar surface area (TPSA) is 39.4 Å². The number of rotatable bonds is 1. The Bertz CT molecular complexity index is 5150. The lowest BCUT2D eigenvalue weighted by Crippen LogP contribution is -1.85. The summed E-state index contributed by atoms with van der Waals surface area (Å²) in [6.07, 6.45) is 1.80. The van der Waals surface area contributed by atoms with Crippen LogP contribution in [0, 0.1) is 111 Å². The summed E-state index contributed by atoms with van der Waals surface area (Å²) >= 11 is 7.39. The van der Waals surface area contributed by atoms with Gasteiger partial charge in [-0.25, -0.2) is 0 Å². The maximum absolute atomic E-state index is 5.58. The Balaban J connectivity index is 0.000000119. The van der Waals surface area contributed by atoms with E-state index in [9.17, 15) is 0 Å². The van der Waals surface area contributed by atoms with E-state index < -0.39 is 0 Å². The minimum absolute atomic E-state index is 0.981. The van der Waals surface area contributed by atoms with Gasteiger partial charge in [0.15, 0.2) is 0 Å². The molecule has 0 spiro atoms. The van der Waals surface area contributed by atoms with E-state index in [1.54, 1.807) is 17.6 Å². The van der Waals surface area contributed by atoms with Crippen molar-refractivity contribution in [2.24, 2.45) is 0 Å². The molecule has 0 aliphatic rings. The van der Waals surface area contributed by atoms with Gasteiger partial charge in [0, 0.05) is 44.7 Å². The van der Waals surface area contributed by atoms with E-state index in [0.717, 1.165) is 28.3 Å². The fraction of sp³-hybridized carbons (Fsp3) is 0.182. The molecule has 0 N–H and O–H groups in total. The van der Waals surface area contributed by atoms with Crippen LogP contribution in [0.2, 0.25) is 0 Å². The monoisotopic (exact) mass is 1320 g/mol. The van der Waals surface area contributed by atoms with Crippen molar-refractivity contribution in [3.63, 3.8) is 0 Å². The number of hydrogen-bond acceptors (Lipinski definition) is 7. The van der Waals surface area contributed by atoms with Crippen LogP contribution in [0.1, 0.15) is 88.0 Å². The fourth-order valence-electron chi connectivity index (χ4n) is 12.3. The Morgan fingerprint density at radius 2 is 0.863 bits per heavy atom. The van der Waals surface area contributed by atoms with Crippen LogP contribution >= 0.6 is 45.3 Å². The van der Waals surface area contributed by atoms with Crippen molar-refractivity contribution in [2.45, 2.75) is 111 Å². The molecule has 17 rings (SSSR count). The maximum Gasteiger partial charge on any atom is 0.134 e. The predicted octanol–water partition coefficient (Wildman–Crippen LogP) is 28.3. The van der Waals surface area contributed by atoms with Gasteiger partial charge in [0.1, 0.15) is 28.3 Å². The van der Waals surface area contributed by atoms with E-state index >= 15 is 0 Å². The highest BCUT2D eigenvalue weighted by Gasteiger charge is 2.10. The van der Waals surface area contributed by atoms with Gasteiger partial charge in [-0.05, 0) is 292 Å². The van der Waals surface area contributed by atoms with Crippen molar-refractivity contribution in [2.75, 3.05) is 0 Å². The molecule has 17 aromatic rings. The highest BCUT2D eigenvalue weighted by Crippen LogP contribution is 2.34. The predicted molar refractivity (Wildman–Crippen MR) is 421 cm³/mol. The lowest BCUT2D eigenvalue weighted by atomic mass is 9.95. The maximum atomic E-state index is 5.58. The van der Waals surface area contributed by atoms with E-state index in [0.29, 0.717) is 0 Å². The molecule has 7 heterocycles. The number of furan rings is 3. The number of hydrogen-bond donors (Lipinski definition) is 0. The van der Waals surface area contributed by atoms with Gasteiger partial charge in [-0.15, -0.1) is 45.3 Å². The third kappa shape index (κ3) is 16.4. The molecule has 3 nitrogen and oxygen atoms in total. The molecule has 95 heavy (non-hydrogen) atoms. The molecule has 0 unspecified atom stereocenters. The molecule has 0 saturated carbocycles. The van der Waals surface area contributed by atoms with E-state index in [4.69, 9.17) is 13.3 Å². The third-order valence-electron chi connectivity index (χ3n) is 17.6. The van der Waals surface area contributed by atoms with Gasteiger partial charge in [0.05, 0.1) is 6.26 Å². The van der Waals surface area contributed by atoms with Crippen LogP contribution in [-0.2, 0) is 0 Å². The van der Waals surface area contributed by atoms with Crippen LogP contribution in [0.15, 0.2) is 243 Å². The van der Waals surface area contributed by atoms with Crippen LogP contribution in [0.25, 0.3) is 95.2 Å². The molecular formula is C88H86O3S4. The van der Waals surface area contributed by atoms with Gasteiger partial charge < -0.3 is 13.3 Å². The SMILES string of the molecule is Cc1c(-c2ccccc2)ccc2ccccc12.Cc1cc2c(C)cccc2o1.Cc1cc2c(C)cccc2s1.Cc1cccc2occ(C)c12.Cc1cccc2scc(C)c12.Cc1cccc2sccc12.Cc1oc2cccc(C)c2c1C.Cc1sc2cccc(C)c2c1C. The summed E-state index contributed by atoms with van der Waals surface area (Å²) in [5, 5.41) is 16.5. The Kier molecular flexibility index (Phi) is 22.8. The van der Waals surface area contributed by atoms with Crippen LogP contribution < -0.4 is 0 Å². The van der Waals surface area contributed by atoms with Gasteiger partial charge in [0.2, 0.25) is 0 Å². The molecule has 0 fully saturated rings. The average Bonchev–Trinajstić information content (AvgIpc) is 1.23. The second-order valence-corrected chi connectivity index (χ2v) is 29.0. The second kappa shape index (κ2) is 31.4. The van der Waals surface area contributed by atoms with E-state index in [1.165, 1.54) is 155 Å². The second-order valence-electron chi connectivity index (χ2n) is 24.6. The van der Waals surface area contributed by atoms with Gasteiger partial charge >= 0.3 is 0 Å². The van der Waals surface area contributed by atoms with Crippen molar-refractivity contribution < 1.29 is 13.3 Å². The molecule has 480 valence electrons. The summed E-state index contributed by atoms with van der Waals surface area (Å²) in [7, 11) is 0. The molecule has 0 saturated heterocycles. The van der Waals surface area contributed by atoms with Gasteiger partial charge in [-0.3, -0.25) is 0 Å². The molecule has 7 heteroatoms. The zero-order chi connectivity index (χ0) is 67.4. The fourth-order valence-corrected chi connectivity index (χ4v) is 16.4. The number of benzene rings is 10. The lowest BCUT2D eigenvalue weighted by molar-refractivity contribution is 0.575. The highest BCUT2D eigenvalue weighted by molar-refractivity contribution is 7.19. The quantitative estimate of drug-likeness (QED) is 0.164. The summed E-state index contributed by atoms with van der Waals surface area (Å²) in [4.78, 5) is 2.84. The van der Waals surface area contributed by atoms with Crippen molar-refractivity contribution in [1.29, 1.82) is 0 Å². The summed E-state index contributed by atoms with van der Waals surface area (Å²) in [5.74, 6) is 2.01. The van der Waals surface area contributed by atoms with Crippen molar-refractivity contribution in [3.05, 3.63) is 317 Å². The number of thiophene rings is 4.